The van der Waals surface area contributed by atoms with Crippen LogP contribution in [0.5, 0.6) is 0 Å². The Morgan fingerprint density at radius 3 is 2.29 bits per heavy atom. The Bertz CT molecular complexity index is 358. The molecule has 17 heavy (non-hydrogen) atoms. The minimum absolute atomic E-state index is 0.0324. The standard InChI is InChI=1S/C16H25N/c1-4-5-13-10-16(17,11-13)15-8-6-14(7-9-15)12(2)3/h6-9,12-13H,4-5,10-11,17H2,1-3H3. The van der Waals surface area contributed by atoms with Gasteiger partial charge in [-0.3, -0.25) is 0 Å². The molecule has 0 aliphatic heterocycles. The van der Waals surface area contributed by atoms with Gasteiger partial charge in [-0.05, 0) is 35.8 Å². The largest absolute Gasteiger partial charge is 0.321 e. The van der Waals surface area contributed by atoms with Crippen LogP contribution in [-0.4, -0.2) is 0 Å². The molecule has 0 saturated heterocycles. The van der Waals surface area contributed by atoms with Gasteiger partial charge >= 0.3 is 0 Å². The van der Waals surface area contributed by atoms with Crippen LogP contribution in [0.3, 0.4) is 0 Å². The summed E-state index contributed by atoms with van der Waals surface area (Å²) in [6.07, 6.45) is 4.96. The predicted octanol–water partition coefficient (Wildman–Crippen LogP) is 4.17. The van der Waals surface area contributed by atoms with Crippen LogP contribution in [0.25, 0.3) is 0 Å². The SMILES string of the molecule is CCCC1CC(N)(c2ccc(C(C)C)cc2)C1. The van der Waals surface area contributed by atoms with E-state index in [1.54, 1.807) is 0 Å². The van der Waals surface area contributed by atoms with Gasteiger partial charge in [0.2, 0.25) is 0 Å². The molecule has 0 radical (unpaired) electrons. The third-order valence-corrected chi connectivity index (χ3v) is 4.16. The molecule has 0 spiro atoms. The van der Waals surface area contributed by atoms with Crippen LogP contribution in [0.15, 0.2) is 24.3 Å². The van der Waals surface area contributed by atoms with Crippen LogP contribution in [0.2, 0.25) is 0 Å². The van der Waals surface area contributed by atoms with Crippen molar-refractivity contribution in [3.63, 3.8) is 0 Å². The zero-order chi connectivity index (χ0) is 12.5. The van der Waals surface area contributed by atoms with E-state index in [4.69, 9.17) is 5.73 Å². The molecule has 94 valence electrons. The lowest BCUT2D eigenvalue weighted by atomic mass is 9.64. The maximum absolute atomic E-state index is 6.47. The van der Waals surface area contributed by atoms with Crippen molar-refractivity contribution in [1.29, 1.82) is 0 Å². The number of hydrogen-bond donors (Lipinski definition) is 1. The number of hydrogen-bond acceptors (Lipinski definition) is 1. The minimum Gasteiger partial charge on any atom is -0.321 e. The summed E-state index contributed by atoms with van der Waals surface area (Å²) in [7, 11) is 0. The van der Waals surface area contributed by atoms with Crippen LogP contribution < -0.4 is 5.73 Å². The smallest absolute Gasteiger partial charge is 0.0415 e. The van der Waals surface area contributed by atoms with Crippen LogP contribution in [0, 0.1) is 5.92 Å². The number of benzene rings is 1. The average Bonchev–Trinajstić information content (AvgIpc) is 2.27. The lowest BCUT2D eigenvalue weighted by Crippen LogP contribution is -2.48. The van der Waals surface area contributed by atoms with Gasteiger partial charge in [0, 0.05) is 5.54 Å². The van der Waals surface area contributed by atoms with E-state index in [1.807, 2.05) is 0 Å². The summed E-state index contributed by atoms with van der Waals surface area (Å²) < 4.78 is 0. The van der Waals surface area contributed by atoms with Gasteiger partial charge in [-0.2, -0.15) is 0 Å². The van der Waals surface area contributed by atoms with E-state index in [0.29, 0.717) is 5.92 Å². The first-order valence-electron chi connectivity index (χ1n) is 6.94. The Kier molecular flexibility index (Phi) is 3.58. The van der Waals surface area contributed by atoms with E-state index >= 15 is 0 Å². The molecule has 2 N–H and O–H groups in total. The highest BCUT2D eigenvalue weighted by Crippen LogP contribution is 2.45. The first-order chi connectivity index (χ1) is 8.05. The number of nitrogens with two attached hydrogens (primary N) is 1. The summed E-state index contributed by atoms with van der Waals surface area (Å²) in [6.45, 7) is 6.72. The summed E-state index contributed by atoms with van der Waals surface area (Å²) in [4.78, 5) is 0. The molecule has 1 heteroatoms. The van der Waals surface area contributed by atoms with Crippen molar-refractivity contribution < 1.29 is 0 Å². The summed E-state index contributed by atoms with van der Waals surface area (Å²) in [5, 5.41) is 0. The van der Waals surface area contributed by atoms with Crippen molar-refractivity contribution in [2.45, 2.75) is 57.9 Å². The first kappa shape index (κ1) is 12.6. The van der Waals surface area contributed by atoms with Gasteiger partial charge in [0.05, 0.1) is 0 Å². The zero-order valence-corrected chi connectivity index (χ0v) is 11.4. The molecule has 2 rings (SSSR count). The molecule has 0 aromatic heterocycles. The highest BCUT2D eigenvalue weighted by atomic mass is 14.8. The molecule has 0 heterocycles. The van der Waals surface area contributed by atoms with Crippen LogP contribution in [0.4, 0.5) is 0 Å². The van der Waals surface area contributed by atoms with Crippen molar-refractivity contribution in [2.24, 2.45) is 11.7 Å². The van der Waals surface area contributed by atoms with Crippen molar-refractivity contribution in [3.8, 4) is 0 Å². The predicted molar refractivity (Wildman–Crippen MR) is 74.0 cm³/mol. The fraction of sp³-hybridized carbons (Fsp3) is 0.625. The molecule has 1 fully saturated rings. The summed E-state index contributed by atoms with van der Waals surface area (Å²) in [5.41, 5.74) is 9.17. The van der Waals surface area contributed by atoms with Crippen LogP contribution in [-0.2, 0) is 5.54 Å². The molecule has 0 unspecified atom stereocenters. The highest BCUT2D eigenvalue weighted by Gasteiger charge is 2.41. The van der Waals surface area contributed by atoms with E-state index in [-0.39, 0.29) is 5.54 Å². The average molecular weight is 231 g/mol. The van der Waals surface area contributed by atoms with Crippen LogP contribution in [0.1, 0.15) is 63.5 Å². The summed E-state index contributed by atoms with van der Waals surface area (Å²) in [6, 6.07) is 8.94. The molecule has 0 amide bonds. The lowest BCUT2D eigenvalue weighted by Gasteiger charge is -2.45. The highest BCUT2D eigenvalue weighted by molar-refractivity contribution is 5.31. The molecular weight excluding hydrogens is 206 g/mol. The monoisotopic (exact) mass is 231 g/mol. The summed E-state index contributed by atoms with van der Waals surface area (Å²) >= 11 is 0. The van der Waals surface area contributed by atoms with Gasteiger partial charge in [-0.25, -0.2) is 0 Å². The van der Waals surface area contributed by atoms with E-state index < -0.39 is 0 Å². The normalized spacial score (nSPS) is 28.2. The Morgan fingerprint density at radius 2 is 1.82 bits per heavy atom. The molecule has 1 aromatic carbocycles. The quantitative estimate of drug-likeness (QED) is 0.826. The van der Waals surface area contributed by atoms with Gasteiger partial charge < -0.3 is 5.73 Å². The Labute approximate surface area is 105 Å². The zero-order valence-electron chi connectivity index (χ0n) is 11.4. The summed E-state index contributed by atoms with van der Waals surface area (Å²) in [5.74, 6) is 1.46. The molecule has 1 saturated carbocycles. The van der Waals surface area contributed by atoms with E-state index in [0.717, 1.165) is 5.92 Å². The second kappa shape index (κ2) is 4.81. The molecule has 0 bridgehead atoms. The Balaban J connectivity index is 2.04. The van der Waals surface area contributed by atoms with Crippen molar-refractivity contribution in [1.82, 2.24) is 0 Å². The minimum atomic E-state index is -0.0324. The van der Waals surface area contributed by atoms with Gasteiger partial charge in [-0.1, -0.05) is 57.9 Å². The van der Waals surface area contributed by atoms with Crippen molar-refractivity contribution in [2.75, 3.05) is 0 Å². The maximum atomic E-state index is 6.47. The number of rotatable bonds is 4. The van der Waals surface area contributed by atoms with Gasteiger partial charge in [0.1, 0.15) is 0 Å². The second-order valence-electron chi connectivity index (χ2n) is 6.00. The molecule has 1 nitrogen and oxygen atoms in total. The first-order valence-corrected chi connectivity index (χ1v) is 6.94. The van der Waals surface area contributed by atoms with Crippen molar-refractivity contribution in [3.05, 3.63) is 35.4 Å². The third-order valence-electron chi connectivity index (χ3n) is 4.16. The van der Waals surface area contributed by atoms with Gasteiger partial charge in [0.25, 0.3) is 0 Å². The topological polar surface area (TPSA) is 26.0 Å². The Hall–Kier alpha value is -0.820. The fourth-order valence-electron chi connectivity index (χ4n) is 3.02. The molecule has 0 atom stereocenters. The fourth-order valence-corrected chi connectivity index (χ4v) is 3.02. The van der Waals surface area contributed by atoms with E-state index in [2.05, 4.69) is 45.0 Å². The van der Waals surface area contributed by atoms with Crippen LogP contribution >= 0.6 is 0 Å². The molecule has 1 aromatic rings. The molecular formula is C16H25N. The molecule has 1 aliphatic rings. The lowest BCUT2D eigenvalue weighted by molar-refractivity contribution is 0.138. The van der Waals surface area contributed by atoms with Gasteiger partial charge in [-0.15, -0.1) is 0 Å². The van der Waals surface area contributed by atoms with Crippen molar-refractivity contribution >= 4 is 0 Å². The Morgan fingerprint density at radius 1 is 1.24 bits per heavy atom. The van der Waals surface area contributed by atoms with E-state index in [1.165, 1.54) is 36.8 Å². The van der Waals surface area contributed by atoms with E-state index in [9.17, 15) is 0 Å². The second-order valence-corrected chi connectivity index (χ2v) is 6.00. The third kappa shape index (κ3) is 2.55. The maximum Gasteiger partial charge on any atom is 0.0415 e. The molecule has 1 aliphatic carbocycles. The van der Waals surface area contributed by atoms with Gasteiger partial charge in [0.15, 0.2) is 0 Å².